The lowest BCUT2D eigenvalue weighted by molar-refractivity contribution is -0.151. The smallest absolute Gasteiger partial charge is 0.437 e. The van der Waals surface area contributed by atoms with Crippen molar-refractivity contribution >= 4 is 23.9 Å². The van der Waals surface area contributed by atoms with Gasteiger partial charge in [0.1, 0.15) is 18.8 Å². The zero-order valence-electron chi connectivity index (χ0n) is 18.5. The first-order valence-electron chi connectivity index (χ1n) is 11.1. The Bertz CT molecular complexity index is 862. The lowest BCUT2D eigenvalue weighted by Gasteiger charge is -2.23. The Labute approximate surface area is 188 Å². The van der Waals surface area contributed by atoms with E-state index in [1.807, 2.05) is 30.3 Å². The predicted molar refractivity (Wildman–Crippen MR) is 120 cm³/mol. The number of carbonyl (C=O) groups is 3. The molecule has 0 radical (unpaired) electrons. The van der Waals surface area contributed by atoms with Crippen LogP contribution < -0.4 is 5.32 Å². The second-order valence-electron chi connectivity index (χ2n) is 8.29. The van der Waals surface area contributed by atoms with E-state index in [0.717, 1.165) is 44.1 Å². The summed E-state index contributed by atoms with van der Waals surface area (Å²) < 4.78 is 10.9. The lowest BCUT2D eigenvalue weighted by atomic mass is 10.1. The number of likely N-dealkylation sites (N-methyl/N-ethyl adjacent to an activating group) is 1. The molecule has 1 aromatic rings. The number of carbonyl (C=O) groups excluding carboxylic acids is 3. The molecule has 1 saturated carbocycles. The molecule has 1 aromatic carbocycles. The van der Waals surface area contributed by atoms with Crippen molar-refractivity contribution in [3.05, 3.63) is 48.0 Å². The summed E-state index contributed by atoms with van der Waals surface area (Å²) in [6.45, 7) is -0.0717. The molecule has 1 heterocycles. The molecular weight excluding hydrogens is 410 g/mol. The fraction of sp³-hybridized carbons (Fsp3) is 0.500. The SMILES string of the molecule is CN1CC(=O)OC2(CCC/C=C/CCCC(=O)NC1=NC(=O)OCc1ccccc1)CC2. The number of nitrogens with one attached hydrogen (secondary N) is 1. The molecule has 2 aliphatic rings. The quantitative estimate of drug-likeness (QED) is 0.555. The van der Waals surface area contributed by atoms with Crippen LogP contribution in [-0.4, -0.2) is 48.0 Å². The molecular formula is C24H31N3O5. The van der Waals surface area contributed by atoms with Crippen LogP contribution in [0.25, 0.3) is 0 Å². The standard InChI is InChI=1S/C24H31N3O5/c1-27-17-21(29)32-24(15-16-24)14-10-5-3-2-4-9-13-20(28)25-22(27)26-23(30)31-18-19-11-7-6-8-12-19/h2-3,6-8,11-12H,4-5,9-10,13-18H2,1H3,(H,25,26,28,30)/b3-2+. The van der Waals surface area contributed by atoms with E-state index in [0.29, 0.717) is 6.42 Å². The first kappa shape index (κ1) is 23.5. The molecule has 32 heavy (non-hydrogen) atoms. The van der Waals surface area contributed by atoms with Gasteiger partial charge in [0.25, 0.3) is 0 Å². The summed E-state index contributed by atoms with van der Waals surface area (Å²) in [6.07, 6.45) is 9.59. The average Bonchev–Trinajstić information content (AvgIpc) is 3.52. The van der Waals surface area contributed by atoms with Crippen LogP contribution in [0, 0.1) is 0 Å². The number of rotatable bonds is 2. The topological polar surface area (TPSA) is 97.3 Å². The highest BCUT2D eigenvalue weighted by Crippen LogP contribution is 2.44. The van der Waals surface area contributed by atoms with Gasteiger partial charge in [0.15, 0.2) is 0 Å². The van der Waals surface area contributed by atoms with Crippen molar-refractivity contribution in [3.8, 4) is 0 Å². The van der Waals surface area contributed by atoms with Crippen LogP contribution >= 0.6 is 0 Å². The third-order valence-electron chi connectivity index (χ3n) is 5.46. The Morgan fingerprint density at radius 1 is 1.12 bits per heavy atom. The van der Waals surface area contributed by atoms with Gasteiger partial charge < -0.3 is 14.4 Å². The minimum atomic E-state index is -0.847. The molecule has 3 rings (SSSR count). The minimum absolute atomic E-state index is 0.0301. The van der Waals surface area contributed by atoms with Crippen LogP contribution in [0.1, 0.15) is 56.9 Å². The van der Waals surface area contributed by atoms with Gasteiger partial charge in [-0.25, -0.2) is 4.79 Å². The van der Waals surface area contributed by atoms with E-state index in [1.165, 1.54) is 4.90 Å². The molecule has 0 bridgehead atoms. The van der Waals surface area contributed by atoms with Gasteiger partial charge in [-0.15, -0.1) is 4.99 Å². The Balaban J connectivity index is 1.67. The molecule has 0 atom stereocenters. The third-order valence-corrected chi connectivity index (χ3v) is 5.46. The molecule has 172 valence electrons. The lowest BCUT2D eigenvalue weighted by Crippen LogP contribution is -2.45. The monoisotopic (exact) mass is 441 g/mol. The van der Waals surface area contributed by atoms with Crippen molar-refractivity contribution in [3.63, 3.8) is 0 Å². The fourth-order valence-corrected chi connectivity index (χ4v) is 3.48. The van der Waals surface area contributed by atoms with Gasteiger partial charge in [-0.05, 0) is 50.5 Å². The maximum Gasteiger partial charge on any atom is 0.437 e. The van der Waals surface area contributed by atoms with Crippen LogP contribution in [0.3, 0.4) is 0 Å². The molecule has 0 aromatic heterocycles. The van der Waals surface area contributed by atoms with E-state index in [4.69, 9.17) is 9.47 Å². The van der Waals surface area contributed by atoms with E-state index in [1.54, 1.807) is 7.05 Å². The molecule has 1 N–H and O–H groups in total. The molecule has 1 aliphatic carbocycles. The Morgan fingerprint density at radius 3 is 2.56 bits per heavy atom. The second kappa shape index (κ2) is 11.5. The van der Waals surface area contributed by atoms with E-state index < -0.39 is 12.1 Å². The number of aliphatic imine (C=N–C) groups is 1. The van der Waals surface area contributed by atoms with E-state index in [2.05, 4.69) is 22.5 Å². The van der Waals surface area contributed by atoms with Crippen molar-refractivity contribution < 1.29 is 23.9 Å². The number of allylic oxidation sites excluding steroid dienone is 2. The number of hydrogen-bond acceptors (Lipinski definition) is 5. The minimum Gasteiger partial charge on any atom is -0.458 e. The van der Waals surface area contributed by atoms with Crippen LogP contribution in [0.4, 0.5) is 4.79 Å². The van der Waals surface area contributed by atoms with Gasteiger partial charge >= 0.3 is 12.1 Å². The first-order valence-corrected chi connectivity index (χ1v) is 11.1. The van der Waals surface area contributed by atoms with Crippen LogP contribution in [0.5, 0.6) is 0 Å². The van der Waals surface area contributed by atoms with Gasteiger partial charge in [-0.1, -0.05) is 42.5 Å². The zero-order valence-corrected chi connectivity index (χ0v) is 18.5. The van der Waals surface area contributed by atoms with Gasteiger partial charge in [-0.2, -0.15) is 0 Å². The first-order chi connectivity index (χ1) is 15.5. The zero-order chi connectivity index (χ0) is 22.8. The summed E-state index contributed by atoms with van der Waals surface area (Å²) in [6, 6.07) is 9.23. The summed E-state index contributed by atoms with van der Waals surface area (Å²) in [4.78, 5) is 42.5. The van der Waals surface area contributed by atoms with Gasteiger partial charge in [-0.3, -0.25) is 14.9 Å². The molecule has 1 aliphatic heterocycles. The van der Waals surface area contributed by atoms with Crippen LogP contribution in [0.2, 0.25) is 0 Å². The van der Waals surface area contributed by atoms with Gasteiger partial charge in [0, 0.05) is 13.5 Å². The number of ether oxygens (including phenoxy) is 2. The van der Waals surface area contributed by atoms with E-state index >= 15 is 0 Å². The number of nitrogens with zero attached hydrogens (tertiary/aromatic N) is 2. The molecule has 8 heteroatoms. The Hall–Kier alpha value is -3.16. The molecule has 0 saturated heterocycles. The summed E-state index contributed by atoms with van der Waals surface area (Å²) >= 11 is 0. The van der Waals surface area contributed by atoms with Crippen molar-refractivity contribution in [1.29, 1.82) is 0 Å². The predicted octanol–water partition coefficient (Wildman–Crippen LogP) is 3.71. The fourth-order valence-electron chi connectivity index (χ4n) is 3.48. The maximum absolute atomic E-state index is 12.5. The Morgan fingerprint density at radius 2 is 1.84 bits per heavy atom. The Kier molecular flexibility index (Phi) is 8.41. The van der Waals surface area contributed by atoms with Crippen molar-refractivity contribution in [2.75, 3.05) is 13.6 Å². The van der Waals surface area contributed by atoms with Crippen LogP contribution in [0.15, 0.2) is 47.5 Å². The summed E-state index contributed by atoms with van der Waals surface area (Å²) in [5.41, 5.74) is 0.459. The molecule has 1 fully saturated rings. The highest BCUT2D eigenvalue weighted by molar-refractivity contribution is 6.01. The third kappa shape index (κ3) is 7.83. The molecule has 8 nitrogen and oxygen atoms in total. The van der Waals surface area contributed by atoms with Crippen molar-refractivity contribution in [1.82, 2.24) is 10.2 Å². The van der Waals surface area contributed by atoms with Gasteiger partial charge in [0.2, 0.25) is 11.9 Å². The summed E-state index contributed by atoms with van der Waals surface area (Å²) in [5.74, 6) is -0.719. The number of amides is 2. The normalized spacial score (nSPS) is 22.2. The molecule has 0 unspecified atom stereocenters. The maximum atomic E-state index is 12.5. The van der Waals surface area contributed by atoms with Gasteiger partial charge in [0.05, 0.1) is 0 Å². The number of hydrogen-bond donors (Lipinski definition) is 1. The number of guanidine groups is 1. The number of benzene rings is 1. The molecule has 2 amide bonds. The second-order valence-corrected chi connectivity index (χ2v) is 8.29. The van der Waals surface area contributed by atoms with E-state index in [9.17, 15) is 14.4 Å². The van der Waals surface area contributed by atoms with Crippen molar-refractivity contribution in [2.45, 2.75) is 63.6 Å². The summed E-state index contributed by atoms with van der Waals surface area (Å²) in [5, 5.41) is 2.64. The summed E-state index contributed by atoms with van der Waals surface area (Å²) in [7, 11) is 1.58. The van der Waals surface area contributed by atoms with Crippen LogP contribution in [-0.2, 0) is 25.7 Å². The van der Waals surface area contributed by atoms with Crippen molar-refractivity contribution in [2.24, 2.45) is 4.99 Å². The molecule has 1 spiro atoms. The van der Waals surface area contributed by atoms with E-state index in [-0.39, 0.29) is 37.0 Å². The average molecular weight is 442 g/mol. The number of esters is 1. The largest absolute Gasteiger partial charge is 0.458 e. The highest BCUT2D eigenvalue weighted by Gasteiger charge is 2.46. The highest BCUT2D eigenvalue weighted by atomic mass is 16.6.